The Labute approximate surface area is 161 Å². The topological polar surface area (TPSA) is 61.8 Å². The van der Waals surface area contributed by atoms with Crippen LogP contribution in [0.4, 0.5) is 5.69 Å². The highest BCUT2D eigenvalue weighted by Crippen LogP contribution is 2.33. The molecule has 0 fully saturated rings. The number of anilines is 1. The van der Waals surface area contributed by atoms with Crippen molar-refractivity contribution < 1.29 is 9.59 Å². The van der Waals surface area contributed by atoms with Crippen molar-refractivity contribution in [1.82, 2.24) is 5.32 Å². The minimum Gasteiger partial charge on any atom is -0.299 e. The summed E-state index contributed by atoms with van der Waals surface area (Å²) in [6.45, 7) is 2.06. The van der Waals surface area contributed by atoms with Gasteiger partial charge in [0.1, 0.15) is 0 Å². The second kappa shape index (κ2) is 7.99. The van der Waals surface area contributed by atoms with Crippen LogP contribution < -0.4 is 10.3 Å². The van der Waals surface area contributed by atoms with Crippen molar-refractivity contribution >= 4 is 47.2 Å². The number of hydrogen-bond donors (Lipinski definition) is 1. The van der Waals surface area contributed by atoms with E-state index in [1.807, 2.05) is 12.1 Å². The van der Waals surface area contributed by atoms with Crippen molar-refractivity contribution in [3.8, 4) is 0 Å². The van der Waals surface area contributed by atoms with E-state index in [4.69, 9.17) is 23.2 Å². The molecule has 134 valence electrons. The van der Waals surface area contributed by atoms with Crippen molar-refractivity contribution in [2.45, 2.75) is 19.5 Å². The summed E-state index contributed by atoms with van der Waals surface area (Å²) < 4.78 is 0. The predicted octanol–water partition coefficient (Wildman–Crippen LogP) is 3.71. The Morgan fingerprint density at radius 2 is 1.92 bits per heavy atom. The number of halogens is 2. The predicted molar refractivity (Wildman–Crippen MR) is 105 cm³/mol. The first-order valence-electron chi connectivity index (χ1n) is 8.07. The van der Waals surface area contributed by atoms with Crippen LogP contribution in [0.25, 0.3) is 0 Å². The van der Waals surface area contributed by atoms with Gasteiger partial charge in [0.15, 0.2) is 18.2 Å². The Morgan fingerprint density at radius 1 is 1.27 bits per heavy atom. The molecule has 0 saturated heterocycles. The summed E-state index contributed by atoms with van der Waals surface area (Å²) in [6.07, 6.45) is 2.43. The Balaban J connectivity index is 1.87. The zero-order valence-corrected chi connectivity index (χ0v) is 15.6. The van der Waals surface area contributed by atoms with Gasteiger partial charge in [0, 0.05) is 34.8 Å². The number of carbonyl (C=O) groups excluding carboxylic acids is 2. The van der Waals surface area contributed by atoms with Crippen LogP contribution in [0.1, 0.15) is 28.4 Å². The van der Waals surface area contributed by atoms with Gasteiger partial charge in [-0.2, -0.15) is 5.10 Å². The van der Waals surface area contributed by atoms with Crippen LogP contribution in [0.15, 0.2) is 41.5 Å². The highest BCUT2D eigenvalue weighted by molar-refractivity contribution is 6.36. The molecule has 1 unspecified atom stereocenters. The molecule has 7 heteroatoms. The number of benzene rings is 2. The third-order valence-electron chi connectivity index (χ3n) is 4.15. The smallest absolute Gasteiger partial charge is 0.159 e. The fourth-order valence-corrected chi connectivity index (χ4v) is 3.35. The summed E-state index contributed by atoms with van der Waals surface area (Å²) in [5.41, 5.74) is 3.08. The molecule has 2 aromatic carbocycles. The van der Waals surface area contributed by atoms with E-state index in [2.05, 4.69) is 10.4 Å². The number of aldehydes is 1. The molecule has 0 radical (unpaired) electrons. The SMILES string of the molecule is CC(=O)c1ccc(Cc2c(Cl)cc(N3N=CCNC3C=O)cc2Cl)cc1. The van der Waals surface area contributed by atoms with E-state index in [1.165, 1.54) is 6.92 Å². The van der Waals surface area contributed by atoms with E-state index in [0.717, 1.165) is 17.4 Å². The van der Waals surface area contributed by atoms with E-state index >= 15 is 0 Å². The summed E-state index contributed by atoms with van der Waals surface area (Å²) in [4.78, 5) is 22.6. The number of nitrogens with one attached hydrogen (secondary N) is 1. The van der Waals surface area contributed by atoms with Crippen LogP contribution in [-0.2, 0) is 11.2 Å². The van der Waals surface area contributed by atoms with Crippen molar-refractivity contribution in [3.63, 3.8) is 0 Å². The summed E-state index contributed by atoms with van der Waals surface area (Å²) in [6, 6.07) is 10.8. The van der Waals surface area contributed by atoms with E-state index < -0.39 is 6.17 Å². The molecule has 26 heavy (non-hydrogen) atoms. The number of hydrogen-bond acceptors (Lipinski definition) is 5. The summed E-state index contributed by atoms with van der Waals surface area (Å²) >= 11 is 12.9. The van der Waals surface area contributed by atoms with Gasteiger partial charge in [-0.05, 0) is 30.2 Å². The highest BCUT2D eigenvalue weighted by atomic mass is 35.5. The molecular formula is C19H17Cl2N3O2. The number of ketones is 1. The summed E-state index contributed by atoms with van der Waals surface area (Å²) in [5, 5.41) is 9.79. The Kier molecular flexibility index (Phi) is 5.71. The second-order valence-electron chi connectivity index (χ2n) is 5.95. The van der Waals surface area contributed by atoms with E-state index in [-0.39, 0.29) is 5.78 Å². The molecule has 5 nitrogen and oxygen atoms in total. The summed E-state index contributed by atoms with van der Waals surface area (Å²) in [7, 11) is 0. The molecule has 1 aliphatic heterocycles. The molecule has 0 amide bonds. The molecule has 0 aromatic heterocycles. The van der Waals surface area contributed by atoms with Gasteiger partial charge < -0.3 is 0 Å². The van der Waals surface area contributed by atoms with Crippen LogP contribution in [0, 0.1) is 0 Å². The fraction of sp³-hybridized carbons (Fsp3) is 0.211. The third kappa shape index (κ3) is 3.96. The zero-order chi connectivity index (χ0) is 18.7. The molecule has 0 bridgehead atoms. The highest BCUT2D eigenvalue weighted by Gasteiger charge is 2.21. The van der Waals surface area contributed by atoms with Crippen LogP contribution in [0.3, 0.4) is 0 Å². The minimum absolute atomic E-state index is 0.0254. The molecule has 3 rings (SSSR count). The van der Waals surface area contributed by atoms with Gasteiger partial charge in [0.2, 0.25) is 0 Å². The van der Waals surface area contributed by atoms with Crippen LogP contribution in [0.2, 0.25) is 10.0 Å². The molecule has 1 heterocycles. The average molecular weight is 390 g/mol. The van der Waals surface area contributed by atoms with E-state index in [9.17, 15) is 9.59 Å². The van der Waals surface area contributed by atoms with Crippen LogP contribution in [0.5, 0.6) is 0 Å². The first-order chi connectivity index (χ1) is 12.5. The van der Waals surface area contributed by atoms with Crippen LogP contribution in [-0.4, -0.2) is 31.0 Å². The molecule has 0 saturated carbocycles. The van der Waals surface area contributed by atoms with Crippen molar-refractivity contribution in [1.29, 1.82) is 0 Å². The van der Waals surface area contributed by atoms with Gasteiger partial charge in [-0.25, -0.2) is 5.01 Å². The summed E-state index contributed by atoms with van der Waals surface area (Å²) in [5.74, 6) is 0.0254. The van der Waals surface area contributed by atoms with Crippen molar-refractivity contribution in [2.75, 3.05) is 11.6 Å². The molecule has 1 aliphatic rings. The average Bonchev–Trinajstić information content (AvgIpc) is 2.64. The molecule has 0 spiro atoms. The maximum absolute atomic E-state index is 11.4. The zero-order valence-electron chi connectivity index (χ0n) is 14.1. The number of nitrogens with zero attached hydrogens (tertiary/aromatic N) is 2. The van der Waals surface area contributed by atoms with Gasteiger partial charge in [-0.3, -0.25) is 14.9 Å². The normalized spacial score (nSPS) is 16.6. The number of rotatable bonds is 5. The first kappa shape index (κ1) is 18.6. The largest absolute Gasteiger partial charge is 0.299 e. The fourth-order valence-electron chi connectivity index (χ4n) is 2.75. The second-order valence-corrected chi connectivity index (χ2v) is 6.76. The molecule has 2 aromatic rings. The van der Waals surface area contributed by atoms with E-state index in [1.54, 1.807) is 35.5 Å². The number of hydrazone groups is 1. The maximum atomic E-state index is 11.4. The monoisotopic (exact) mass is 389 g/mol. The van der Waals surface area contributed by atoms with Gasteiger partial charge in [0.05, 0.1) is 5.69 Å². The van der Waals surface area contributed by atoms with Gasteiger partial charge >= 0.3 is 0 Å². The first-order valence-corrected chi connectivity index (χ1v) is 8.83. The van der Waals surface area contributed by atoms with Gasteiger partial charge in [0.25, 0.3) is 0 Å². The lowest BCUT2D eigenvalue weighted by Crippen LogP contribution is -2.48. The van der Waals surface area contributed by atoms with Gasteiger partial charge in [-0.1, -0.05) is 47.5 Å². The molecule has 1 N–H and O–H groups in total. The Bertz CT molecular complexity index is 843. The Morgan fingerprint density at radius 3 is 2.50 bits per heavy atom. The lowest BCUT2D eigenvalue weighted by Gasteiger charge is -2.29. The quantitative estimate of drug-likeness (QED) is 0.625. The maximum Gasteiger partial charge on any atom is 0.159 e. The Hall–Kier alpha value is -2.21. The van der Waals surface area contributed by atoms with Crippen molar-refractivity contribution in [3.05, 3.63) is 63.1 Å². The van der Waals surface area contributed by atoms with Crippen LogP contribution >= 0.6 is 23.2 Å². The lowest BCUT2D eigenvalue weighted by atomic mass is 10.0. The van der Waals surface area contributed by atoms with Crippen molar-refractivity contribution in [2.24, 2.45) is 5.10 Å². The minimum atomic E-state index is -0.558. The molecular weight excluding hydrogens is 373 g/mol. The molecule has 1 atom stereocenters. The lowest BCUT2D eigenvalue weighted by molar-refractivity contribution is -0.109. The number of carbonyl (C=O) groups is 2. The standard InChI is InChI=1S/C19H17Cl2N3O2/c1-12(26)14-4-2-13(3-5-14)8-16-17(20)9-15(10-18(16)21)24-19(11-25)22-6-7-23-24/h2-5,7,9-11,19,22H,6,8H2,1H3. The molecule has 0 aliphatic carbocycles. The third-order valence-corrected chi connectivity index (χ3v) is 4.82. The van der Waals surface area contributed by atoms with E-state index in [0.29, 0.717) is 34.3 Å². The van der Waals surface area contributed by atoms with Gasteiger partial charge in [-0.15, -0.1) is 0 Å². The number of Topliss-reactive ketones (excluding diaryl/α,β-unsaturated/α-hetero) is 1.